The number of alkyl carbamates (subject to hydrolysis) is 2. The first-order valence-corrected chi connectivity index (χ1v) is 24.6. The molecule has 3 aliphatic rings. The van der Waals surface area contributed by atoms with E-state index in [0.717, 1.165) is 76.0 Å². The van der Waals surface area contributed by atoms with Crippen molar-refractivity contribution in [1.82, 2.24) is 45.4 Å². The van der Waals surface area contributed by atoms with Crippen LogP contribution >= 0.6 is 11.3 Å². The summed E-state index contributed by atoms with van der Waals surface area (Å²) in [5.41, 5.74) is 4.99. The Bertz CT molecular complexity index is 2750. The van der Waals surface area contributed by atoms with Crippen LogP contribution in [0.25, 0.3) is 32.6 Å². The molecule has 3 aliphatic heterocycles. The van der Waals surface area contributed by atoms with E-state index < -0.39 is 36.1 Å². The molecule has 6 aromatic rings. The molecule has 16 nitrogen and oxygen atoms in total. The van der Waals surface area contributed by atoms with E-state index in [1.807, 2.05) is 39.8 Å². The van der Waals surface area contributed by atoms with Gasteiger partial charge >= 0.3 is 18.4 Å². The molecule has 3 saturated heterocycles. The predicted octanol–water partition coefficient (Wildman–Crippen LogP) is 9.75. The molecule has 3 fully saturated rings. The molecule has 3 aromatic carbocycles. The lowest BCUT2D eigenvalue weighted by molar-refractivity contribution is -0.143. The number of carbonyl (C=O) groups excluding carboxylic acids is 4. The van der Waals surface area contributed by atoms with Gasteiger partial charge < -0.3 is 44.8 Å². The molecule has 3 aromatic heterocycles. The number of alkyl halides is 3. The summed E-state index contributed by atoms with van der Waals surface area (Å²) in [6, 6.07) is 15.7. The Labute approximate surface area is 406 Å². The number of H-pyrrole nitrogens is 2. The van der Waals surface area contributed by atoms with Crippen LogP contribution in [0.15, 0.2) is 66.9 Å². The molecule has 370 valence electrons. The van der Waals surface area contributed by atoms with Gasteiger partial charge in [0.25, 0.3) is 5.91 Å². The molecule has 9 rings (SSSR count). The number of rotatable bonds is 12. The Morgan fingerprint density at radius 2 is 1.30 bits per heavy atom. The molecule has 0 bridgehead atoms. The zero-order valence-corrected chi connectivity index (χ0v) is 40.6. The Hall–Kier alpha value is -6.70. The number of nitrogens with one attached hydrogen (secondary N) is 4. The van der Waals surface area contributed by atoms with Crippen LogP contribution in [0.1, 0.15) is 119 Å². The zero-order valence-electron chi connectivity index (χ0n) is 39.8. The molecule has 0 spiro atoms. The minimum Gasteiger partial charge on any atom is -0.453 e. The van der Waals surface area contributed by atoms with Gasteiger partial charge in [0.1, 0.15) is 27.7 Å². The first-order chi connectivity index (χ1) is 33.5. The largest absolute Gasteiger partial charge is 0.453 e. The topological polar surface area (TPSA) is 191 Å². The van der Waals surface area contributed by atoms with Crippen LogP contribution in [0, 0.1) is 11.8 Å². The monoisotopic (exact) mass is 982 g/mol. The first kappa shape index (κ1) is 48.3. The maximum atomic E-state index is 13.9. The van der Waals surface area contributed by atoms with Crippen LogP contribution in [0.3, 0.4) is 0 Å². The molecule has 6 heterocycles. The molecular weight excluding hydrogens is 926 g/mol. The van der Waals surface area contributed by atoms with Crippen molar-refractivity contribution in [3.63, 3.8) is 0 Å². The lowest BCUT2D eigenvalue weighted by Crippen LogP contribution is -2.51. The van der Waals surface area contributed by atoms with Crippen LogP contribution in [-0.4, -0.2) is 98.1 Å². The van der Waals surface area contributed by atoms with Crippen molar-refractivity contribution < 1.29 is 41.8 Å². The van der Waals surface area contributed by atoms with E-state index in [1.54, 1.807) is 16.0 Å². The average Bonchev–Trinajstić information content (AvgIpc) is 4.21. The number of thiazole rings is 1. The van der Waals surface area contributed by atoms with Gasteiger partial charge in [0.2, 0.25) is 5.91 Å². The number of methoxy groups -OCH3 is 1. The van der Waals surface area contributed by atoms with Gasteiger partial charge in [0.15, 0.2) is 6.10 Å². The third kappa shape index (κ3) is 9.48. The van der Waals surface area contributed by atoms with E-state index in [-0.39, 0.29) is 47.8 Å². The number of imidazole rings is 2. The molecule has 4 amide bonds. The summed E-state index contributed by atoms with van der Waals surface area (Å²) in [7, 11) is 2.73. The number of amides is 4. The van der Waals surface area contributed by atoms with Crippen molar-refractivity contribution >= 4 is 62.4 Å². The minimum absolute atomic E-state index is 0.139. The summed E-state index contributed by atoms with van der Waals surface area (Å²) in [6.45, 7) is 8.48. The molecule has 0 aliphatic carbocycles. The number of halogens is 3. The van der Waals surface area contributed by atoms with Gasteiger partial charge in [-0.25, -0.2) is 24.5 Å². The summed E-state index contributed by atoms with van der Waals surface area (Å²) < 4.78 is 50.8. The summed E-state index contributed by atoms with van der Waals surface area (Å²) in [4.78, 5) is 79.8. The van der Waals surface area contributed by atoms with Gasteiger partial charge in [-0.05, 0) is 97.9 Å². The summed E-state index contributed by atoms with van der Waals surface area (Å²) in [5, 5.41) is 6.58. The van der Waals surface area contributed by atoms with Crippen LogP contribution in [0.4, 0.5) is 27.8 Å². The number of fused-ring (bicyclic) bond motifs is 2. The lowest BCUT2D eigenvalue weighted by Gasteiger charge is -2.31. The van der Waals surface area contributed by atoms with Crippen molar-refractivity contribution in [2.24, 2.45) is 11.8 Å². The van der Waals surface area contributed by atoms with Gasteiger partial charge in [0, 0.05) is 25.7 Å². The third-order valence-electron chi connectivity index (χ3n) is 13.8. The second-order valence-electron chi connectivity index (χ2n) is 18.9. The third-order valence-corrected chi connectivity index (χ3v) is 14.9. The Kier molecular flexibility index (Phi) is 13.5. The van der Waals surface area contributed by atoms with Crippen molar-refractivity contribution in [1.29, 1.82) is 0 Å². The van der Waals surface area contributed by atoms with Crippen LogP contribution in [-0.2, 0) is 25.2 Å². The number of hydrogen-bond acceptors (Lipinski definition) is 11. The van der Waals surface area contributed by atoms with Gasteiger partial charge in [-0.3, -0.25) is 9.59 Å². The van der Waals surface area contributed by atoms with Gasteiger partial charge in [0.05, 0.1) is 65.1 Å². The van der Waals surface area contributed by atoms with Crippen LogP contribution < -0.4 is 15.5 Å². The van der Waals surface area contributed by atoms with E-state index in [2.05, 4.69) is 49.8 Å². The van der Waals surface area contributed by atoms with Crippen LogP contribution in [0.5, 0.6) is 0 Å². The highest BCUT2D eigenvalue weighted by molar-refractivity contribution is 7.18. The van der Waals surface area contributed by atoms with Gasteiger partial charge in [-0.1, -0.05) is 63.3 Å². The highest BCUT2D eigenvalue weighted by Gasteiger charge is 2.41. The zero-order chi connectivity index (χ0) is 49.6. The van der Waals surface area contributed by atoms with Crippen molar-refractivity contribution in [3.8, 4) is 10.6 Å². The Morgan fingerprint density at radius 3 is 1.80 bits per heavy atom. The molecule has 0 radical (unpaired) electrons. The fraction of sp³-hybridized carbons (Fsp3) is 0.460. The maximum absolute atomic E-state index is 13.9. The number of aromatic nitrogens is 5. The quantitative estimate of drug-likeness (QED) is 0.0918. The van der Waals surface area contributed by atoms with E-state index in [1.165, 1.54) is 37.6 Å². The number of benzene rings is 3. The van der Waals surface area contributed by atoms with E-state index in [4.69, 9.17) is 24.4 Å². The minimum atomic E-state index is -4.46. The van der Waals surface area contributed by atoms with Crippen molar-refractivity contribution in [2.75, 3.05) is 32.1 Å². The average molecular weight is 983 g/mol. The SMILES string of the molecule is CNC(=O)O[C@H](C(=O)N1CCC[C@H]1c1nc2ccc([C@H]3CC[C@H](c4ccc5nc([C@@H]6CCCN6C(=O)[C@@H](NC(=O)OC)C(C)C)[nH]c5c4)N3c3cnc(-c4ccc(C(F)(F)F)cc4)s3)cc2[nH]1)C(C)C. The summed E-state index contributed by atoms with van der Waals surface area (Å²) in [5.74, 6) is 0.446. The normalized spacial score (nSPS) is 20.5. The summed E-state index contributed by atoms with van der Waals surface area (Å²) in [6.07, 6.45) is -0.476. The number of ether oxygens (including phenoxy) is 2. The number of hydrogen-bond donors (Lipinski definition) is 4. The van der Waals surface area contributed by atoms with Crippen LogP contribution in [0.2, 0.25) is 0 Å². The predicted molar refractivity (Wildman–Crippen MR) is 258 cm³/mol. The van der Waals surface area contributed by atoms with Gasteiger partial charge in [-0.2, -0.15) is 13.2 Å². The lowest BCUT2D eigenvalue weighted by atomic mass is 10.0. The molecule has 0 saturated carbocycles. The van der Waals surface area contributed by atoms with Gasteiger partial charge in [-0.15, -0.1) is 0 Å². The highest BCUT2D eigenvalue weighted by atomic mass is 32.1. The standard InChI is InChI=1S/C50H57F3N10O6S/c1-26(2)41(60-49(67)68-6)46(64)61-21-7-9-38(61)43-56-32-17-13-29(23-34(32)58-43)36-19-20-37(63(36)40-25-55-45(70-40)28-11-15-31(16-12-28)50(51,52)53)30-14-18-33-35(24-30)59-44(57-33)39-10-8-22-62(39)47(65)42(27(3)4)69-48(66)54-5/h11-18,23-27,36-39,41-42H,7-10,19-22H2,1-6H3,(H,54,66)(H,56,58)(H,57,59)(H,60,67)/t36-,37-,38+,39+,41+,42+/m1/s1. The molecule has 70 heavy (non-hydrogen) atoms. The van der Waals surface area contributed by atoms with E-state index in [9.17, 15) is 32.3 Å². The fourth-order valence-electron chi connectivity index (χ4n) is 10.2. The molecular formula is C50H57F3N10O6S. The number of nitrogens with zero attached hydrogens (tertiary/aromatic N) is 6. The second kappa shape index (κ2) is 19.6. The van der Waals surface area contributed by atoms with E-state index in [0.29, 0.717) is 48.2 Å². The first-order valence-electron chi connectivity index (χ1n) is 23.8. The second-order valence-corrected chi connectivity index (χ2v) is 20.0. The fourth-order valence-corrected chi connectivity index (χ4v) is 11.3. The van der Waals surface area contributed by atoms with Crippen molar-refractivity contribution in [2.45, 2.75) is 109 Å². The smallest absolute Gasteiger partial charge is 0.416 e. The van der Waals surface area contributed by atoms with E-state index >= 15 is 0 Å². The molecule has 0 unspecified atom stereocenters. The molecule has 20 heteroatoms. The Balaban J connectivity index is 1.03. The number of anilines is 1. The highest BCUT2D eigenvalue weighted by Crippen LogP contribution is 2.50. The maximum Gasteiger partial charge on any atom is 0.416 e. The summed E-state index contributed by atoms with van der Waals surface area (Å²) >= 11 is 1.42. The number of carbonyl (C=O) groups is 4. The molecule has 4 N–H and O–H groups in total. The number of likely N-dealkylation sites (tertiary alicyclic amines) is 2. The number of aromatic amines is 2. The van der Waals surface area contributed by atoms with Crippen molar-refractivity contribution in [3.05, 3.63) is 95.2 Å². The Morgan fingerprint density at radius 1 is 0.743 bits per heavy atom. The molecule has 6 atom stereocenters.